The second kappa shape index (κ2) is 6.63. The smallest absolute Gasteiger partial charge is 0.269 e. The predicted molar refractivity (Wildman–Crippen MR) is 75.0 cm³/mol. The molecular formula is C14H22N2O3. The Morgan fingerprint density at radius 1 is 1.37 bits per heavy atom. The number of nitro benzene ring substituents is 1. The van der Waals surface area contributed by atoms with Gasteiger partial charge >= 0.3 is 0 Å². The van der Waals surface area contributed by atoms with Crippen LogP contribution in [0.25, 0.3) is 0 Å². The normalized spacial score (nSPS) is 13.3. The number of nitrogens with zero attached hydrogens (tertiary/aromatic N) is 1. The van der Waals surface area contributed by atoms with E-state index in [-0.39, 0.29) is 23.8 Å². The van der Waals surface area contributed by atoms with E-state index in [4.69, 9.17) is 5.11 Å². The minimum absolute atomic E-state index is 0.0315. The summed E-state index contributed by atoms with van der Waals surface area (Å²) >= 11 is 0. The summed E-state index contributed by atoms with van der Waals surface area (Å²) in [4.78, 5) is 10.2. The van der Waals surface area contributed by atoms with Crippen LogP contribution in [-0.4, -0.2) is 23.2 Å². The van der Waals surface area contributed by atoms with Gasteiger partial charge in [-0.2, -0.15) is 0 Å². The molecule has 1 unspecified atom stereocenters. The Balaban J connectivity index is 2.58. The summed E-state index contributed by atoms with van der Waals surface area (Å²) in [5.74, 6) is 0. The molecule has 0 bridgehead atoms. The molecule has 1 aromatic carbocycles. The summed E-state index contributed by atoms with van der Waals surface area (Å²) in [6.45, 7) is 7.18. The van der Waals surface area contributed by atoms with Crippen molar-refractivity contribution in [3.63, 3.8) is 0 Å². The zero-order valence-electron chi connectivity index (χ0n) is 11.7. The van der Waals surface area contributed by atoms with Crippen molar-refractivity contribution in [1.82, 2.24) is 5.32 Å². The van der Waals surface area contributed by atoms with E-state index >= 15 is 0 Å². The fourth-order valence-corrected chi connectivity index (χ4v) is 1.82. The molecular weight excluding hydrogens is 244 g/mol. The van der Waals surface area contributed by atoms with Crippen molar-refractivity contribution in [3.05, 3.63) is 39.9 Å². The maximum Gasteiger partial charge on any atom is 0.269 e. The summed E-state index contributed by atoms with van der Waals surface area (Å²) in [5.41, 5.74) is 1.16. The van der Waals surface area contributed by atoms with Gasteiger partial charge in [-0.1, -0.05) is 26.0 Å². The zero-order valence-corrected chi connectivity index (χ0v) is 11.7. The van der Waals surface area contributed by atoms with Gasteiger partial charge in [0, 0.05) is 31.3 Å². The van der Waals surface area contributed by atoms with E-state index in [9.17, 15) is 10.1 Å². The van der Waals surface area contributed by atoms with E-state index < -0.39 is 4.92 Å². The van der Waals surface area contributed by atoms with Gasteiger partial charge in [-0.3, -0.25) is 10.1 Å². The van der Waals surface area contributed by atoms with Crippen LogP contribution in [0.3, 0.4) is 0 Å². The molecule has 106 valence electrons. The van der Waals surface area contributed by atoms with Gasteiger partial charge < -0.3 is 10.4 Å². The molecule has 0 heterocycles. The van der Waals surface area contributed by atoms with Gasteiger partial charge in [0.2, 0.25) is 0 Å². The van der Waals surface area contributed by atoms with Crippen LogP contribution in [0, 0.1) is 15.5 Å². The van der Waals surface area contributed by atoms with E-state index in [1.54, 1.807) is 12.1 Å². The molecule has 1 rings (SSSR count). The number of rotatable bonds is 7. The predicted octanol–water partition coefficient (Wildman–Crippen LogP) is 2.65. The molecule has 0 aromatic heterocycles. The van der Waals surface area contributed by atoms with Crippen molar-refractivity contribution in [2.75, 3.05) is 13.2 Å². The Hall–Kier alpha value is -1.46. The van der Waals surface area contributed by atoms with Crippen molar-refractivity contribution < 1.29 is 10.0 Å². The lowest BCUT2D eigenvalue weighted by Gasteiger charge is -2.26. The zero-order chi connectivity index (χ0) is 14.5. The number of non-ortho nitro benzene ring substituents is 1. The minimum atomic E-state index is -0.397. The lowest BCUT2D eigenvalue weighted by atomic mass is 9.89. The third-order valence-corrected chi connectivity index (χ3v) is 3.28. The fraction of sp³-hybridized carbons (Fsp3) is 0.571. The number of aliphatic hydroxyl groups excluding tert-OH is 1. The van der Waals surface area contributed by atoms with Crippen LogP contribution in [0.15, 0.2) is 24.3 Å². The van der Waals surface area contributed by atoms with Gasteiger partial charge in [-0.15, -0.1) is 0 Å². The molecule has 1 atom stereocenters. The summed E-state index contributed by atoms with van der Waals surface area (Å²) in [7, 11) is 0. The van der Waals surface area contributed by atoms with Crippen molar-refractivity contribution in [1.29, 1.82) is 0 Å². The van der Waals surface area contributed by atoms with Crippen LogP contribution >= 0.6 is 0 Å². The molecule has 19 heavy (non-hydrogen) atoms. The van der Waals surface area contributed by atoms with Gasteiger partial charge in [0.05, 0.1) is 4.92 Å². The fourth-order valence-electron chi connectivity index (χ4n) is 1.82. The van der Waals surface area contributed by atoms with Crippen molar-refractivity contribution in [2.24, 2.45) is 5.41 Å². The van der Waals surface area contributed by atoms with E-state index in [1.165, 1.54) is 12.1 Å². The van der Waals surface area contributed by atoms with Gasteiger partial charge in [-0.05, 0) is 24.3 Å². The second-order valence-electron chi connectivity index (χ2n) is 5.59. The van der Waals surface area contributed by atoms with Crippen molar-refractivity contribution in [3.8, 4) is 0 Å². The topological polar surface area (TPSA) is 75.4 Å². The summed E-state index contributed by atoms with van der Waals surface area (Å²) in [6.07, 6.45) is 0.743. The van der Waals surface area contributed by atoms with E-state index in [1.807, 2.05) is 6.92 Å². The highest BCUT2D eigenvalue weighted by molar-refractivity contribution is 5.34. The van der Waals surface area contributed by atoms with Crippen LogP contribution in [0.2, 0.25) is 0 Å². The first kappa shape index (κ1) is 15.6. The summed E-state index contributed by atoms with van der Waals surface area (Å²) in [5, 5.41) is 22.9. The molecule has 2 N–H and O–H groups in total. The number of hydrogen-bond donors (Lipinski definition) is 2. The number of hydrogen-bond acceptors (Lipinski definition) is 4. The molecule has 0 aliphatic rings. The van der Waals surface area contributed by atoms with Crippen LogP contribution in [0.1, 0.15) is 38.8 Å². The standard InChI is InChI=1S/C14H22N2O3/c1-11(15-10-14(2,3)8-9-17)12-4-6-13(7-5-12)16(18)19/h4-7,11,15,17H,8-10H2,1-3H3. The first-order valence-electron chi connectivity index (χ1n) is 6.44. The number of nitro groups is 1. The van der Waals surface area contributed by atoms with E-state index in [2.05, 4.69) is 19.2 Å². The Morgan fingerprint density at radius 2 is 1.95 bits per heavy atom. The van der Waals surface area contributed by atoms with Gasteiger partial charge in [-0.25, -0.2) is 0 Å². The molecule has 0 aliphatic carbocycles. The summed E-state index contributed by atoms with van der Waals surface area (Å²) < 4.78 is 0. The van der Waals surface area contributed by atoms with Crippen LogP contribution < -0.4 is 5.32 Å². The third kappa shape index (κ3) is 4.96. The highest BCUT2D eigenvalue weighted by Crippen LogP contribution is 2.22. The maximum absolute atomic E-state index is 10.6. The first-order valence-corrected chi connectivity index (χ1v) is 6.44. The number of aliphatic hydroxyl groups is 1. The van der Waals surface area contributed by atoms with Gasteiger partial charge in [0.1, 0.15) is 0 Å². The second-order valence-corrected chi connectivity index (χ2v) is 5.59. The molecule has 1 aromatic rings. The molecule has 0 aliphatic heterocycles. The summed E-state index contributed by atoms with van der Waals surface area (Å²) in [6, 6.07) is 6.71. The molecule has 0 amide bonds. The van der Waals surface area contributed by atoms with Crippen LogP contribution in [0.5, 0.6) is 0 Å². The minimum Gasteiger partial charge on any atom is -0.396 e. The van der Waals surface area contributed by atoms with Crippen molar-refractivity contribution >= 4 is 5.69 Å². The quantitative estimate of drug-likeness (QED) is 0.587. The van der Waals surface area contributed by atoms with Crippen LogP contribution in [0.4, 0.5) is 5.69 Å². The molecule has 0 saturated carbocycles. The average Bonchev–Trinajstić information content (AvgIpc) is 2.36. The Labute approximate surface area is 113 Å². The lowest BCUT2D eigenvalue weighted by Crippen LogP contribution is -2.32. The first-order chi connectivity index (χ1) is 8.85. The molecule has 5 nitrogen and oxygen atoms in total. The highest BCUT2D eigenvalue weighted by atomic mass is 16.6. The number of benzene rings is 1. The number of nitrogens with one attached hydrogen (secondary N) is 1. The van der Waals surface area contributed by atoms with E-state index in [0.29, 0.717) is 0 Å². The molecule has 0 spiro atoms. The van der Waals surface area contributed by atoms with Gasteiger partial charge in [0.25, 0.3) is 5.69 Å². The maximum atomic E-state index is 10.6. The molecule has 5 heteroatoms. The Kier molecular flexibility index (Phi) is 5.44. The third-order valence-electron chi connectivity index (χ3n) is 3.28. The average molecular weight is 266 g/mol. The molecule has 0 saturated heterocycles. The highest BCUT2D eigenvalue weighted by Gasteiger charge is 2.18. The Bertz CT molecular complexity index is 415. The van der Waals surface area contributed by atoms with Crippen molar-refractivity contribution in [2.45, 2.75) is 33.2 Å². The monoisotopic (exact) mass is 266 g/mol. The Morgan fingerprint density at radius 3 is 2.42 bits per heavy atom. The SMILES string of the molecule is CC(NCC(C)(C)CCO)c1ccc([N+](=O)[O-])cc1. The van der Waals surface area contributed by atoms with Gasteiger partial charge in [0.15, 0.2) is 0 Å². The molecule has 0 fully saturated rings. The molecule has 0 radical (unpaired) electrons. The largest absolute Gasteiger partial charge is 0.396 e. The van der Waals surface area contributed by atoms with E-state index in [0.717, 1.165) is 18.5 Å². The van der Waals surface area contributed by atoms with Crippen LogP contribution in [-0.2, 0) is 0 Å². The lowest BCUT2D eigenvalue weighted by molar-refractivity contribution is -0.384.